The molecule has 2 aromatic rings. The van der Waals surface area contributed by atoms with Crippen LogP contribution in [0.3, 0.4) is 0 Å². The summed E-state index contributed by atoms with van der Waals surface area (Å²) in [7, 11) is -3.92. The van der Waals surface area contributed by atoms with Gasteiger partial charge in [0.25, 0.3) is 10.0 Å². The minimum Gasteiger partial charge on any atom is -0.392 e. The van der Waals surface area contributed by atoms with Crippen LogP contribution in [0, 0.1) is 19.7 Å². The number of halogens is 1. The van der Waals surface area contributed by atoms with Crippen LogP contribution in [-0.2, 0) is 16.6 Å². The smallest absolute Gasteiger partial charge is 0.262 e. The summed E-state index contributed by atoms with van der Waals surface area (Å²) in [5, 5.41) is 9.20. The number of anilines is 1. The summed E-state index contributed by atoms with van der Waals surface area (Å²) in [4.78, 5) is 0.0369. The molecule has 2 aromatic carbocycles. The third kappa shape index (κ3) is 3.22. The molecule has 2 N–H and O–H groups in total. The Bertz CT molecular complexity index is 772. The van der Waals surface area contributed by atoms with Crippen LogP contribution in [0.5, 0.6) is 0 Å². The summed E-state index contributed by atoms with van der Waals surface area (Å²) in [5.74, 6) is -0.645. The monoisotopic (exact) mass is 309 g/mol. The zero-order valence-corrected chi connectivity index (χ0v) is 12.5. The fourth-order valence-electron chi connectivity index (χ4n) is 2.01. The third-order valence-electron chi connectivity index (χ3n) is 3.27. The molecular weight excluding hydrogens is 293 g/mol. The van der Waals surface area contributed by atoms with Crippen molar-refractivity contribution in [2.24, 2.45) is 0 Å². The van der Waals surface area contributed by atoms with Crippen molar-refractivity contribution in [3.05, 3.63) is 58.9 Å². The van der Waals surface area contributed by atoms with Crippen LogP contribution in [0.4, 0.5) is 10.1 Å². The predicted molar refractivity (Wildman–Crippen MR) is 79.0 cm³/mol. The Hall–Kier alpha value is -1.92. The minimum absolute atomic E-state index is 0.0369. The molecule has 0 aliphatic heterocycles. The molecule has 0 aromatic heterocycles. The molecule has 4 nitrogen and oxygen atoms in total. The van der Waals surface area contributed by atoms with Gasteiger partial charge in [-0.2, -0.15) is 0 Å². The Morgan fingerprint density at radius 2 is 1.86 bits per heavy atom. The van der Waals surface area contributed by atoms with Crippen molar-refractivity contribution in [2.75, 3.05) is 4.72 Å². The lowest BCUT2D eigenvalue weighted by Gasteiger charge is -2.14. The first-order chi connectivity index (χ1) is 9.85. The average Bonchev–Trinajstić information content (AvgIpc) is 2.43. The molecule has 0 radical (unpaired) electrons. The molecule has 0 heterocycles. The van der Waals surface area contributed by atoms with Crippen LogP contribution in [-0.4, -0.2) is 13.5 Å². The van der Waals surface area contributed by atoms with E-state index in [1.165, 1.54) is 24.3 Å². The van der Waals surface area contributed by atoms with E-state index in [1.807, 2.05) is 0 Å². The van der Waals surface area contributed by atoms with Gasteiger partial charge in [0.1, 0.15) is 5.82 Å². The molecule has 0 aliphatic rings. The van der Waals surface area contributed by atoms with E-state index >= 15 is 0 Å². The summed E-state index contributed by atoms with van der Waals surface area (Å²) in [6.45, 7) is 3.17. The highest BCUT2D eigenvalue weighted by Gasteiger charge is 2.20. The van der Waals surface area contributed by atoms with Crippen LogP contribution in [0.1, 0.15) is 16.7 Å². The van der Waals surface area contributed by atoms with Crippen LogP contribution < -0.4 is 4.72 Å². The van der Waals surface area contributed by atoms with Crippen molar-refractivity contribution in [3.63, 3.8) is 0 Å². The van der Waals surface area contributed by atoms with Crippen LogP contribution in [0.15, 0.2) is 41.3 Å². The van der Waals surface area contributed by atoms with Crippen molar-refractivity contribution in [2.45, 2.75) is 25.3 Å². The first-order valence-corrected chi connectivity index (χ1v) is 7.82. The van der Waals surface area contributed by atoms with Gasteiger partial charge in [-0.1, -0.05) is 18.2 Å². The summed E-state index contributed by atoms with van der Waals surface area (Å²) in [6, 6.07) is 8.67. The van der Waals surface area contributed by atoms with E-state index in [0.717, 1.165) is 5.56 Å². The summed E-state index contributed by atoms with van der Waals surface area (Å²) in [6.07, 6.45) is 0. The van der Waals surface area contributed by atoms with Crippen LogP contribution in [0.25, 0.3) is 0 Å². The van der Waals surface area contributed by atoms with Crippen molar-refractivity contribution in [1.82, 2.24) is 0 Å². The highest BCUT2D eigenvalue weighted by atomic mass is 32.2. The van der Waals surface area contributed by atoms with Gasteiger partial charge in [0.05, 0.1) is 17.2 Å². The van der Waals surface area contributed by atoms with Gasteiger partial charge in [-0.05, 0) is 48.7 Å². The largest absolute Gasteiger partial charge is 0.392 e. The SMILES string of the molecule is Cc1cc(CO)cc(S(=O)(=O)Nc2ccccc2F)c1C. The second-order valence-electron chi connectivity index (χ2n) is 4.78. The lowest BCUT2D eigenvalue weighted by molar-refractivity contribution is 0.281. The van der Waals surface area contributed by atoms with Crippen molar-refractivity contribution in [1.29, 1.82) is 0 Å². The number of aliphatic hydroxyl groups is 1. The van der Waals surface area contributed by atoms with Gasteiger partial charge in [-0.25, -0.2) is 12.8 Å². The molecular formula is C15H16FNO3S. The van der Waals surface area contributed by atoms with E-state index in [9.17, 15) is 17.9 Å². The number of aryl methyl sites for hydroxylation is 1. The Kier molecular flexibility index (Phi) is 4.29. The molecule has 0 aliphatic carbocycles. The van der Waals surface area contributed by atoms with Gasteiger partial charge >= 0.3 is 0 Å². The Labute approximate surface area is 123 Å². The zero-order chi connectivity index (χ0) is 15.6. The molecule has 0 saturated heterocycles. The van der Waals surface area contributed by atoms with Gasteiger partial charge in [0, 0.05) is 0 Å². The van der Waals surface area contributed by atoms with Gasteiger partial charge in [0.2, 0.25) is 0 Å². The predicted octanol–water partition coefficient (Wildman–Crippen LogP) is 2.74. The third-order valence-corrected chi connectivity index (χ3v) is 4.76. The molecule has 0 unspecified atom stereocenters. The number of aliphatic hydroxyl groups excluding tert-OH is 1. The summed E-state index contributed by atoms with van der Waals surface area (Å²) < 4.78 is 40.7. The van der Waals surface area contributed by atoms with Gasteiger partial charge in [-0.15, -0.1) is 0 Å². The quantitative estimate of drug-likeness (QED) is 0.912. The maximum Gasteiger partial charge on any atom is 0.262 e. The average molecular weight is 309 g/mol. The molecule has 112 valence electrons. The van der Waals surface area contributed by atoms with E-state index in [1.54, 1.807) is 26.0 Å². The topological polar surface area (TPSA) is 66.4 Å². The number of sulfonamides is 1. The van der Waals surface area contributed by atoms with Crippen LogP contribution in [0.2, 0.25) is 0 Å². The van der Waals surface area contributed by atoms with Gasteiger partial charge < -0.3 is 5.11 Å². The zero-order valence-electron chi connectivity index (χ0n) is 11.7. The normalized spacial score (nSPS) is 11.4. The highest BCUT2D eigenvalue weighted by Crippen LogP contribution is 2.24. The number of hydrogen-bond donors (Lipinski definition) is 2. The van der Waals surface area contributed by atoms with E-state index < -0.39 is 15.8 Å². The Balaban J connectivity index is 2.50. The van der Waals surface area contributed by atoms with Crippen molar-refractivity contribution >= 4 is 15.7 Å². The maximum absolute atomic E-state index is 13.6. The van der Waals surface area contributed by atoms with Crippen molar-refractivity contribution < 1.29 is 17.9 Å². The van der Waals surface area contributed by atoms with Gasteiger partial charge in [0.15, 0.2) is 0 Å². The molecule has 0 atom stereocenters. The molecule has 0 fully saturated rings. The number of benzene rings is 2. The summed E-state index contributed by atoms with van der Waals surface area (Å²) >= 11 is 0. The fraction of sp³-hybridized carbons (Fsp3) is 0.200. The second-order valence-corrected chi connectivity index (χ2v) is 6.43. The Morgan fingerprint density at radius 1 is 1.19 bits per heavy atom. The summed E-state index contributed by atoms with van der Waals surface area (Å²) in [5.41, 5.74) is 1.70. The molecule has 0 bridgehead atoms. The van der Waals surface area contributed by atoms with E-state index in [-0.39, 0.29) is 17.2 Å². The molecule has 6 heteroatoms. The fourth-order valence-corrected chi connectivity index (χ4v) is 3.45. The molecule has 0 amide bonds. The minimum atomic E-state index is -3.92. The maximum atomic E-state index is 13.6. The highest BCUT2D eigenvalue weighted by molar-refractivity contribution is 7.92. The number of nitrogens with one attached hydrogen (secondary N) is 1. The van der Waals surface area contributed by atoms with Crippen molar-refractivity contribution in [3.8, 4) is 0 Å². The van der Waals surface area contributed by atoms with E-state index in [0.29, 0.717) is 11.1 Å². The first-order valence-electron chi connectivity index (χ1n) is 6.33. The van der Waals surface area contributed by atoms with E-state index in [4.69, 9.17) is 0 Å². The van der Waals surface area contributed by atoms with Crippen LogP contribution >= 0.6 is 0 Å². The van der Waals surface area contributed by atoms with E-state index in [2.05, 4.69) is 4.72 Å². The first kappa shape index (κ1) is 15.5. The number of hydrogen-bond acceptors (Lipinski definition) is 3. The lowest BCUT2D eigenvalue weighted by Crippen LogP contribution is -2.16. The standard InChI is InChI=1S/C15H16FNO3S/c1-10-7-12(9-18)8-15(11(10)2)21(19,20)17-14-6-4-3-5-13(14)16/h3-8,17-18H,9H2,1-2H3. The lowest BCUT2D eigenvalue weighted by atomic mass is 10.1. The number of para-hydroxylation sites is 1. The number of rotatable bonds is 4. The molecule has 0 saturated carbocycles. The van der Waals surface area contributed by atoms with Gasteiger partial charge in [-0.3, -0.25) is 4.72 Å². The molecule has 0 spiro atoms. The molecule has 2 rings (SSSR count). The Morgan fingerprint density at radius 3 is 2.48 bits per heavy atom. The second kappa shape index (κ2) is 5.83. The molecule has 21 heavy (non-hydrogen) atoms.